The molecule has 1 rings (SSSR count). The van der Waals surface area contributed by atoms with Gasteiger partial charge < -0.3 is 18.9 Å². The Kier molecular flexibility index (Phi) is 5.29. The molecule has 19 heavy (non-hydrogen) atoms. The van der Waals surface area contributed by atoms with Gasteiger partial charge in [-0.2, -0.15) is 0 Å². The van der Waals surface area contributed by atoms with Gasteiger partial charge >= 0.3 is 17.9 Å². The molecule has 7 nitrogen and oxygen atoms in total. The molecule has 7 heteroatoms. The molecule has 0 aromatic carbocycles. The molecule has 0 bridgehead atoms. The van der Waals surface area contributed by atoms with Crippen molar-refractivity contribution in [1.29, 1.82) is 0 Å². The number of carbonyl (C=O) groups is 3. The van der Waals surface area contributed by atoms with Gasteiger partial charge in [-0.1, -0.05) is 0 Å². The van der Waals surface area contributed by atoms with Gasteiger partial charge in [0.15, 0.2) is 18.3 Å². The molecule has 4 atom stereocenters. The lowest BCUT2D eigenvalue weighted by molar-refractivity contribution is -0.222. The van der Waals surface area contributed by atoms with Crippen LogP contribution in [0.4, 0.5) is 0 Å². The van der Waals surface area contributed by atoms with Crippen LogP contribution in [0, 0.1) is 0 Å². The Balaban J connectivity index is 2.89. The van der Waals surface area contributed by atoms with Gasteiger partial charge in [0.1, 0.15) is 0 Å². The highest BCUT2D eigenvalue weighted by Gasteiger charge is 2.44. The van der Waals surface area contributed by atoms with Crippen LogP contribution >= 0.6 is 0 Å². The molecule has 1 aliphatic heterocycles. The Morgan fingerprint density at radius 2 is 1.37 bits per heavy atom. The largest absolute Gasteiger partial charge is 0.456 e. The highest BCUT2D eigenvalue weighted by Crippen LogP contribution is 2.24. The average Bonchev–Trinajstić information content (AvgIpc) is 2.25. The first-order valence-electron chi connectivity index (χ1n) is 5.94. The van der Waals surface area contributed by atoms with E-state index in [2.05, 4.69) is 0 Å². The lowest BCUT2D eigenvalue weighted by Crippen LogP contribution is -2.56. The fourth-order valence-corrected chi connectivity index (χ4v) is 1.92. The smallest absolute Gasteiger partial charge is 0.303 e. The zero-order valence-electron chi connectivity index (χ0n) is 11.4. The molecule has 0 N–H and O–H groups in total. The standard InChI is InChI=1S/C12H18O7/c1-6-11(18-8(3)14)12(19-9(4)15)10(5-16-6)17-7(2)13/h6,10-12H,5H2,1-4H3/t6-,10?,11+,12-/m0/s1. The summed E-state index contributed by atoms with van der Waals surface area (Å²) in [5.41, 5.74) is 0. The second kappa shape index (κ2) is 6.51. The Labute approximate surface area is 111 Å². The minimum absolute atomic E-state index is 0.0798. The molecule has 0 saturated carbocycles. The molecular weight excluding hydrogens is 256 g/mol. The summed E-state index contributed by atoms with van der Waals surface area (Å²) in [6, 6.07) is 0. The van der Waals surface area contributed by atoms with E-state index in [9.17, 15) is 14.4 Å². The molecule has 0 aromatic rings. The molecule has 1 heterocycles. The van der Waals surface area contributed by atoms with Crippen LogP contribution in [0.1, 0.15) is 27.7 Å². The van der Waals surface area contributed by atoms with E-state index in [4.69, 9.17) is 18.9 Å². The van der Waals surface area contributed by atoms with Crippen molar-refractivity contribution in [2.24, 2.45) is 0 Å². The second-order valence-corrected chi connectivity index (χ2v) is 4.33. The van der Waals surface area contributed by atoms with Gasteiger partial charge in [-0.25, -0.2) is 0 Å². The first-order chi connectivity index (χ1) is 8.81. The van der Waals surface area contributed by atoms with Gasteiger partial charge in [-0.3, -0.25) is 14.4 Å². The van der Waals surface area contributed by atoms with Crippen molar-refractivity contribution in [3.8, 4) is 0 Å². The number of esters is 3. The zero-order chi connectivity index (χ0) is 14.6. The SMILES string of the molecule is CC(=O)OC1CO[C@@H](C)[C@@H](OC(C)=O)[C@H]1OC(C)=O. The minimum atomic E-state index is -0.867. The highest BCUT2D eigenvalue weighted by molar-refractivity contribution is 5.68. The summed E-state index contributed by atoms with van der Waals surface area (Å²) in [6.07, 6.45) is -2.92. The quantitative estimate of drug-likeness (QED) is 0.536. The van der Waals surface area contributed by atoms with Crippen LogP contribution in [-0.4, -0.2) is 48.9 Å². The molecule has 108 valence electrons. The molecule has 1 fully saturated rings. The van der Waals surface area contributed by atoms with Crippen LogP contribution in [0.25, 0.3) is 0 Å². The van der Waals surface area contributed by atoms with Crippen molar-refractivity contribution >= 4 is 17.9 Å². The predicted molar refractivity (Wildman–Crippen MR) is 62.1 cm³/mol. The van der Waals surface area contributed by atoms with Crippen LogP contribution in [0.3, 0.4) is 0 Å². The van der Waals surface area contributed by atoms with Gasteiger partial charge in [0.2, 0.25) is 0 Å². The first kappa shape index (κ1) is 15.4. The first-order valence-corrected chi connectivity index (χ1v) is 5.94. The van der Waals surface area contributed by atoms with E-state index in [1.165, 1.54) is 20.8 Å². The van der Waals surface area contributed by atoms with E-state index in [0.717, 1.165) is 0 Å². The fourth-order valence-electron chi connectivity index (χ4n) is 1.92. The summed E-state index contributed by atoms with van der Waals surface area (Å²) in [5, 5.41) is 0. The monoisotopic (exact) mass is 274 g/mol. The summed E-state index contributed by atoms with van der Waals surface area (Å²) in [7, 11) is 0. The minimum Gasteiger partial charge on any atom is -0.456 e. The van der Waals surface area contributed by atoms with Gasteiger partial charge in [0.05, 0.1) is 12.7 Å². The lowest BCUT2D eigenvalue weighted by atomic mass is 10.0. The Hall–Kier alpha value is -1.63. The van der Waals surface area contributed by atoms with E-state index in [-0.39, 0.29) is 6.61 Å². The molecule has 0 spiro atoms. The number of hydrogen-bond acceptors (Lipinski definition) is 7. The Morgan fingerprint density at radius 3 is 1.84 bits per heavy atom. The van der Waals surface area contributed by atoms with Crippen LogP contribution in [0.5, 0.6) is 0 Å². The molecule has 0 aromatic heterocycles. The summed E-state index contributed by atoms with van der Waals surface area (Å²) in [4.78, 5) is 33.3. The van der Waals surface area contributed by atoms with Crippen molar-refractivity contribution < 1.29 is 33.3 Å². The lowest BCUT2D eigenvalue weighted by Gasteiger charge is -2.39. The predicted octanol–water partition coefficient (Wildman–Crippen LogP) is 0.200. The van der Waals surface area contributed by atoms with Crippen LogP contribution < -0.4 is 0 Å². The third kappa shape index (κ3) is 4.51. The third-order valence-electron chi connectivity index (χ3n) is 2.60. The highest BCUT2D eigenvalue weighted by atomic mass is 16.6. The molecule has 1 aliphatic rings. The summed E-state index contributed by atoms with van der Waals surface area (Å²) in [6.45, 7) is 5.48. The van der Waals surface area contributed by atoms with Gasteiger partial charge in [0.25, 0.3) is 0 Å². The molecule has 1 unspecified atom stereocenters. The van der Waals surface area contributed by atoms with Gasteiger partial charge in [-0.15, -0.1) is 0 Å². The Morgan fingerprint density at radius 1 is 0.895 bits per heavy atom. The van der Waals surface area contributed by atoms with Crippen LogP contribution in [-0.2, 0) is 33.3 Å². The van der Waals surface area contributed by atoms with E-state index < -0.39 is 42.3 Å². The maximum Gasteiger partial charge on any atom is 0.303 e. The van der Waals surface area contributed by atoms with Gasteiger partial charge in [-0.05, 0) is 6.92 Å². The van der Waals surface area contributed by atoms with Gasteiger partial charge in [0, 0.05) is 20.8 Å². The van der Waals surface area contributed by atoms with Crippen LogP contribution in [0.15, 0.2) is 0 Å². The number of rotatable bonds is 3. The average molecular weight is 274 g/mol. The third-order valence-corrected chi connectivity index (χ3v) is 2.60. The summed E-state index contributed by atoms with van der Waals surface area (Å²) >= 11 is 0. The second-order valence-electron chi connectivity index (χ2n) is 4.33. The van der Waals surface area contributed by atoms with Crippen LogP contribution in [0.2, 0.25) is 0 Å². The molecular formula is C12H18O7. The van der Waals surface area contributed by atoms with Crippen molar-refractivity contribution in [2.75, 3.05) is 6.61 Å². The molecule has 1 saturated heterocycles. The fraction of sp³-hybridized carbons (Fsp3) is 0.750. The van der Waals surface area contributed by atoms with E-state index in [0.29, 0.717) is 0 Å². The Bertz CT molecular complexity index is 365. The number of carbonyl (C=O) groups excluding carboxylic acids is 3. The molecule has 0 aliphatic carbocycles. The summed E-state index contributed by atoms with van der Waals surface area (Å²) < 4.78 is 20.6. The van der Waals surface area contributed by atoms with Crippen molar-refractivity contribution in [1.82, 2.24) is 0 Å². The molecule has 0 radical (unpaired) electrons. The number of hydrogen-bond donors (Lipinski definition) is 0. The number of ether oxygens (including phenoxy) is 4. The van der Waals surface area contributed by atoms with Crippen molar-refractivity contribution in [2.45, 2.75) is 52.1 Å². The van der Waals surface area contributed by atoms with E-state index in [1.54, 1.807) is 6.92 Å². The van der Waals surface area contributed by atoms with E-state index >= 15 is 0 Å². The zero-order valence-corrected chi connectivity index (χ0v) is 11.4. The maximum atomic E-state index is 11.1. The maximum absolute atomic E-state index is 11.1. The summed E-state index contributed by atoms with van der Waals surface area (Å²) in [5.74, 6) is -1.60. The van der Waals surface area contributed by atoms with Crippen molar-refractivity contribution in [3.63, 3.8) is 0 Å². The van der Waals surface area contributed by atoms with E-state index in [1.807, 2.05) is 0 Å². The topological polar surface area (TPSA) is 88.1 Å². The normalized spacial score (nSPS) is 30.3. The van der Waals surface area contributed by atoms with Crippen molar-refractivity contribution in [3.05, 3.63) is 0 Å². The molecule has 0 amide bonds.